The fraction of sp³-hybridized carbons (Fsp3) is 0.0909. The molecule has 1 aromatic rings. The van der Waals surface area contributed by atoms with E-state index in [2.05, 4.69) is 17.2 Å². The van der Waals surface area contributed by atoms with Gasteiger partial charge in [-0.1, -0.05) is 12.1 Å². The predicted molar refractivity (Wildman–Crippen MR) is 58.4 cm³/mol. The molecule has 0 aliphatic heterocycles. The van der Waals surface area contributed by atoms with E-state index in [4.69, 9.17) is 5.26 Å². The number of urea groups is 1. The number of amides is 2. The second-order valence-corrected chi connectivity index (χ2v) is 2.82. The topological polar surface area (TPSA) is 64.9 Å². The molecule has 0 heterocycles. The summed E-state index contributed by atoms with van der Waals surface area (Å²) in [5.41, 5.74) is 1.10. The van der Waals surface area contributed by atoms with Crippen LogP contribution in [0, 0.1) is 11.3 Å². The fourth-order valence-electron chi connectivity index (χ4n) is 1.01. The van der Waals surface area contributed by atoms with Crippen molar-refractivity contribution in [3.05, 3.63) is 42.5 Å². The van der Waals surface area contributed by atoms with Gasteiger partial charge < -0.3 is 10.6 Å². The summed E-state index contributed by atoms with van der Waals surface area (Å²) in [6, 6.07) is 8.39. The average Bonchev–Trinajstić information content (AvgIpc) is 2.26. The third kappa shape index (κ3) is 3.53. The molecule has 0 unspecified atom stereocenters. The van der Waals surface area contributed by atoms with Crippen molar-refractivity contribution in [3.8, 4) is 6.07 Å². The molecule has 0 saturated heterocycles. The number of nitrogens with zero attached hydrogens (tertiary/aromatic N) is 1. The molecule has 0 spiro atoms. The number of carbonyl (C=O) groups excluding carboxylic acids is 1. The molecule has 4 nitrogen and oxygen atoms in total. The summed E-state index contributed by atoms with van der Waals surface area (Å²) in [5, 5.41) is 13.8. The summed E-state index contributed by atoms with van der Waals surface area (Å²) in [7, 11) is 0. The number of nitriles is 1. The van der Waals surface area contributed by atoms with E-state index in [1.165, 1.54) is 0 Å². The van der Waals surface area contributed by atoms with Gasteiger partial charge in [-0.3, -0.25) is 0 Å². The van der Waals surface area contributed by atoms with Crippen LogP contribution in [0.15, 0.2) is 36.9 Å². The Bertz CT molecular complexity index is 407. The number of carbonyl (C=O) groups is 1. The minimum Gasteiger partial charge on any atom is -0.334 e. The maximum absolute atomic E-state index is 11.2. The summed E-state index contributed by atoms with van der Waals surface area (Å²) < 4.78 is 0. The van der Waals surface area contributed by atoms with Crippen molar-refractivity contribution in [2.24, 2.45) is 0 Å². The maximum atomic E-state index is 11.2. The molecule has 15 heavy (non-hydrogen) atoms. The quantitative estimate of drug-likeness (QED) is 0.733. The van der Waals surface area contributed by atoms with Crippen LogP contribution in [0.5, 0.6) is 0 Å². The highest BCUT2D eigenvalue weighted by molar-refractivity contribution is 5.89. The lowest BCUT2D eigenvalue weighted by atomic mass is 10.2. The molecule has 1 rings (SSSR count). The molecule has 0 aliphatic carbocycles. The smallest absolute Gasteiger partial charge is 0.319 e. The van der Waals surface area contributed by atoms with Gasteiger partial charge in [-0.25, -0.2) is 4.79 Å². The van der Waals surface area contributed by atoms with Gasteiger partial charge in [-0.2, -0.15) is 5.26 Å². The molecule has 4 heteroatoms. The number of anilines is 1. The van der Waals surface area contributed by atoms with Crippen LogP contribution in [0.2, 0.25) is 0 Å². The van der Waals surface area contributed by atoms with E-state index < -0.39 is 0 Å². The first-order valence-electron chi connectivity index (χ1n) is 4.42. The van der Waals surface area contributed by atoms with Gasteiger partial charge >= 0.3 is 6.03 Å². The lowest BCUT2D eigenvalue weighted by Crippen LogP contribution is -2.28. The molecule has 2 N–H and O–H groups in total. The van der Waals surface area contributed by atoms with Crippen LogP contribution in [0.1, 0.15) is 5.56 Å². The normalized spacial score (nSPS) is 8.73. The van der Waals surface area contributed by atoms with E-state index >= 15 is 0 Å². The SMILES string of the molecule is C=CCNC(=O)Nc1cccc(C#N)c1. The third-order valence-electron chi connectivity index (χ3n) is 1.66. The van der Waals surface area contributed by atoms with E-state index in [0.717, 1.165) is 0 Å². The molecule has 0 atom stereocenters. The van der Waals surface area contributed by atoms with Crippen LogP contribution in [-0.4, -0.2) is 12.6 Å². The second kappa shape index (κ2) is 5.45. The minimum atomic E-state index is -0.315. The Labute approximate surface area is 88.2 Å². The van der Waals surface area contributed by atoms with E-state index in [0.29, 0.717) is 17.8 Å². The number of hydrogen-bond donors (Lipinski definition) is 2. The predicted octanol–water partition coefficient (Wildman–Crippen LogP) is 1.87. The van der Waals surface area contributed by atoms with Crippen molar-refractivity contribution in [1.29, 1.82) is 5.26 Å². The molecule has 76 valence electrons. The van der Waals surface area contributed by atoms with Crippen LogP contribution in [0.25, 0.3) is 0 Å². The summed E-state index contributed by atoms with van der Waals surface area (Å²) in [6.45, 7) is 3.89. The maximum Gasteiger partial charge on any atom is 0.319 e. The third-order valence-corrected chi connectivity index (χ3v) is 1.66. The Morgan fingerprint density at radius 3 is 3.07 bits per heavy atom. The molecule has 0 fully saturated rings. The number of hydrogen-bond acceptors (Lipinski definition) is 2. The van der Waals surface area contributed by atoms with Crippen LogP contribution < -0.4 is 10.6 Å². The average molecular weight is 201 g/mol. The molecule has 0 bridgehead atoms. The van der Waals surface area contributed by atoms with Crippen LogP contribution in [0.4, 0.5) is 10.5 Å². The summed E-state index contributed by atoms with van der Waals surface area (Å²) >= 11 is 0. The van der Waals surface area contributed by atoms with E-state index in [1.54, 1.807) is 30.3 Å². The van der Waals surface area contributed by atoms with Gasteiger partial charge in [0.05, 0.1) is 11.6 Å². The second-order valence-electron chi connectivity index (χ2n) is 2.82. The van der Waals surface area contributed by atoms with Crippen LogP contribution >= 0.6 is 0 Å². The minimum absolute atomic E-state index is 0.315. The van der Waals surface area contributed by atoms with E-state index in [-0.39, 0.29) is 6.03 Å². The lowest BCUT2D eigenvalue weighted by molar-refractivity contribution is 0.253. The van der Waals surface area contributed by atoms with Gasteiger partial charge in [0.2, 0.25) is 0 Å². The molecule has 2 amide bonds. The zero-order chi connectivity index (χ0) is 11.1. The monoisotopic (exact) mass is 201 g/mol. The summed E-state index contributed by atoms with van der Waals surface area (Å²) in [4.78, 5) is 11.2. The van der Waals surface area contributed by atoms with Crippen molar-refractivity contribution < 1.29 is 4.79 Å². The number of nitrogens with one attached hydrogen (secondary N) is 2. The lowest BCUT2D eigenvalue weighted by Gasteiger charge is -2.05. The van der Waals surface area contributed by atoms with Gasteiger partial charge in [-0.05, 0) is 18.2 Å². The molecule has 0 radical (unpaired) electrons. The first kappa shape index (κ1) is 10.8. The molecule has 0 aliphatic rings. The fourth-order valence-corrected chi connectivity index (χ4v) is 1.01. The Morgan fingerprint density at radius 2 is 2.40 bits per heavy atom. The molecular formula is C11H11N3O. The van der Waals surface area contributed by atoms with Gasteiger partial charge in [-0.15, -0.1) is 6.58 Å². The van der Waals surface area contributed by atoms with Crippen LogP contribution in [-0.2, 0) is 0 Å². The first-order chi connectivity index (χ1) is 7.26. The molecule has 1 aromatic carbocycles. The Kier molecular flexibility index (Phi) is 3.92. The molecule has 0 aromatic heterocycles. The van der Waals surface area contributed by atoms with Gasteiger partial charge in [0.15, 0.2) is 0 Å². The van der Waals surface area contributed by atoms with Gasteiger partial charge in [0.1, 0.15) is 0 Å². The standard InChI is InChI=1S/C11H11N3O/c1-2-6-13-11(15)14-10-5-3-4-9(7-10)8-12/h2-5,7H,1,6H2,(H2,13,14,15). The van der Waals surface area contributed by atoms with Crippen molar-refractivity contribution in [1.82, 2.24) is 5.32 Å². The highest BCUT2D eigenvalue weighted by Gasteiger charge is 1.99. The van der Waals surface area contributed by atoms with Crippen molar-refractivity contribution >= 4 is 11.7 Å². The highest BCUT2D eigenvalue weighted by atomic mass is 16.2. The summed E-state index contributed by atoms with van der Waals surface area (Å²) in [5.74, 6) is 0. The largest absolute Gasteiger partial charge is 0.334 e. The Hall–Kier alpha value is -2.28. The Morgan fingerprint density at radius 1 is 1.60 bits per heavy atom. The van der Waals surface area contributed by atoms with Crippen molar-refractivity contribution in [2.45, 2.75) is 0 Å². The van der Waals surface area contributed by atoms with E-state index in [9.17, 15) is 4.79 Å². The van der Waals surface area contributed by atoms with E-state index in [1.807, 2.05) is 6.07 Å². The zero-order valence-electron chi connectivity index (χ0n) is 8.16. The summed E-state index contributed by atoms with van der Waals surface area (Å²) in [6.07, 6.45) is 1.59. The highest BCUT2D eigenvalue weighted by Crippen LogP contribution is 2.09. The molecular weight excluding hydrogens is 190 g/mol. The Balaban J connectivity index is 2.60. The van der Waals surface area contributed by atoms with Crippen LogP contribution in [0.3, 0.4) is 0 Å². The van der Waals surface area contributed by atoms with Crippen molar-refractivity contribution in [3.63, 3.8) is 0 Å². The number of benzene rings is 1. The number of rotatable bonds is 3. The zero-order valence-corrected chi connectivity index (χ0v) is 8.16. The van der Waals surface area contributed by atoms with Crippen molar-refractivity contribution in [2.75, 3.05) is 11.9 Å². The van der Waals surface area contributed by atoms with Gasteiger partial charge in [0.25, 0.3) is 0 Å². The van der Waals surface area contributed by atoms with Gasteiger partial charge in [0, 0.05) is 12.2 Å². The molecule has 0 saturated carbocycles. The first-order valence-corrected chi connectivity index (χ1v) is 4.42.